The Bertz CT molecular complexity index is 1210. The fourth-order valence-electron chi connectivity index (χ4n) is 4.24. The van der Waals surface area contributed by atoms with Gasteiger partial charge in [0.15, 0.2) is 0 Å². The average Bonchev–Trinajstić information content (AvgIpc) is 3.46. The van der Waals surface area contributed by atoms with Crippen LogP contribution in [0.3, 0.4) is 0 Å². The minimum absolute atomic E-state index is 0.0820. The van der Waals surface area contributed by atoms with Crippen LogP contribution >= 0.6 is 0 Å². The monoisotopic (exact) mass is 491 g/mol. The molecular formula is C26H29N5O5. The van der Waals surface area contributed by atoms with Crippen LogP contribution in [0.1, 0.15) is 42.3 Å². The van der Waals surface area contributed by atoms with Gasteiger partial charge in [-0.1, -0.05) is 67.1 Å². The molecule has 4 N–H and O–H groups in total. The fourth-order valence-corrected chi connectivity index (χ4v) is 4.24. The Hall–Kier alpha value is -4.02. The Morgan fingerprint density at radius 2 is 1.89 bits per heavy atom. The van der Waals surface area contributed by atoms with E-state index in [1.165, 1.54) is 0 Å². The number of rotatable bonds is 10. The molecule has 0 radical (unpaired) electrons. The number of aromatic nitrogens is 2. The number of aliphatic hydroxyl groups excluding tert-OH is 1. The summed E-state index contributed by atoms with van der Waals surface area (Å²) in [6.07, 6.45) is 1.39. The topological polar surface area (TPSA) is 137 Å². The highest BCUT2D eigenvalue weighted by Crippen LogP contribution is 2.37. The van der Waals surface area contributed by atoms with Crippen LogP contribution in [0.4, 0.5) is 4.79 Å². The Morgan fingerprint density at radius 1 is 1.17 bits per heavy atom. The molecule has 1 unspecified atom stereocenters. The van der Waals surface area contributed by atoms with Gasteiger partial charge >= 0.3 is 6.03 Å². The number of imide groups is 1. The first-order valence-corrected chi connectivity index (χ1v) is 11.7. The van der Waals surface area contributed by atoms with Gasteiger partial charge in [0, 0.05) is 5.92 Å². The molecule has 1 fully saturated rings. The lowest BCUT2D eigenvalue weighted by molar-refractivity contribution is -0.138. The highest BCUT2D eigenvalue weighted by molar-refractivity contribution is 6.06. The molecule has 2 aromatic carbocycles. The lowest BCUT2D eigenvalue weighted by Crippen LogP contribution is -2.39. The Morgan fingerprint density at radius 3 is 2.58 bits per heavy atom. The van der Waals surface area contributed by atoms with E-state index in [1.54, 1.807) is 6.20 Å². The van der Waals surface area contributed by atoms with E-state index < -0.39 is 29.9 Å². The van der Waals surface area contributed by atoms with Gasteiger partial charge in [-0.2, -0.15) is 0 Å². The first kappa shape index (κ1) is 25.1. The van der Waals surface area contributed by atoms with E-state index in [-0.39, 0.29) is 25.6 Å². The summed E-state index contributed by atoms with van der Waals surface area (Å²) in [4.78, 5) is 52.4. The number of urea groups is 1. The van der Waals surface area contributed by atoms with Crippen molar-refractivity contribution in [2.45, 2.75) is 38.3 Å². The molecule has 188 valence electrons. The van der Waals surface area contributed by atoms with E-state index in [0.717, 1.165) is 27.3 Å². The first-order chi connectivity index (χ1) is 17.4. The average molecular weight is 492 g/mol. The van der Waals surface area contributed by atoms with E-state index in [4.69, 9.17) is 9.94 Å². The van der Waals surface area contributed by atoms with Crippen molar-refractivity contribution in [2.24, 2.45) is 0 Å². The maximum atomic E-state index is 13.4. The zero-order valence-corrected chi connectivity index (χ0v) is 20.1. The van der Waals surface area contributed by atoms with E-state index >= 15 is 0 Å². The summed E-state index contributed by atoms with van der Waals surface area (Å²) < 4.78 is 0. The van der Waals surface area contributed by atoms with Crippen LogP contribution in [0.25, 0.3) is 11.3 Å². The highest BCUT2D eigenvalue weighted by Gasteiger charge is 2.46. The summed E-state index contributed by atoms with van der Waals surface area (Å²) >= 11 is 0. The molecule has 10 heteroatoms. The minimum atomic E-state index is -1.05. The molecule has 3 atom stereocenters. The molecule has 2 heterocycles. The molecule has 10 nitrogen and oxygen atoms in total. The van der Waals surface area contributed by atoms with E-state index in [1.807, 2.05) is 68.4 Å². The van der Waals surface area contributed by atoms with Crippen LogP contribution < -0.4 is 10.8 Å². The molecule has 4 rings (SSSR count). The number of aromatic amines is 1. The number of aryl methyl sites for hydroxylation is 1. The van der Waals surface area contributed by atoms with Gasteiger partial charge in [0.25, 0.3) is 5.91 Å². The van der Waals surface area contributed by atoms with Crippen molar-refractivity contribution in [1.82, 2.24) is 25.7 Å². The van der Waals surface area contributed by atoms with Gasteiger partial charge in [-0.15, -0.1) is 0 Å². The molecule has 0 aliphatic carbocycles. The maximum Gasteiger partial charge on any atom is 0.325 e. The van der Waals surface area contributed by atoms with Crippen molar-refractivity contribution in [3.05, 3.63) is 77.7 Å². The second-order valence-corrected chi connectivity index (χ2v) is 8.70. The van der Waals surface area contributed by atoms with E-state index in [9.17, 15) is 14.4 Å². The summed E-state index contributed by atoms with van der Waals surface area (Å²) in [5, 5.41) is 11.4. The van der Waals surface area contributed by atoms with Crippen molar-refractivity contribution in [1.29, 1.82) is 0 Å². The number of imidazole rings is 1. The number of nitrogens with zero attached hydrogens (tertiary/aromatic N) is 2. The number of hydrogen-bond acceptors (Lipinski definition) is 6. The number of carbonyl (C=O) groups excluding carboxylic acids is 3. The largest absolute Gasteiger partial charge is 0.394 e. The minimum Gasteiger partial charge on any atom is -0.394 e. The zero-order chi connectivity index (χ0) is 25.7. The Balaban J connectivity index is 1.63. The third-order valence-corrected chi connectivity index (χ3v) is 6.14. The number of hydrogen-bond donors (Lipinski definition) is 4. The Kier molecular flexibility index (Phi) is 7.77. The number of H-pyrrole nitrogens is 1. The van der Waals surface area contributed by atoms with Crippen LogP contribution in [-0.4, -0.2) is 57.1 Å². The molecule has 1 saturated heterocycles. The van der Waals surface area contributed by atoms with Gasteiger partial charge in [-0.3, -0.25) is 19.3 Å². The third-order valence-electron chi connectivity index (χ3n) is 6.14. The molecule has 0 spiro atoms. The van der Waals surface area contributed by atoms with Crippen molar-refractivity contribution in [2.75, 3.05) is 13.2 Å². The number of nitrogens with one attached hydrogen (secondary N) is 3. The van der Waals surface area contributed by atoms with Crippen LogP contribution in [-0.2, 0) is 14.4 Å². The van der Waals surface area contributed by atoms with Gasteiger partial charge in [0.05, 0.1) is 31.5 Å². The molecule has 0 saturated carbocycles. The summed E-state index contributed by atoms with van der Waals surface area (Å²) in [5.74, 6) is -0.949. The van der Waals surface area contributed by atoms with Crippen molar-refractivity contribution < 1.29 is 24.3 Å². The highest BCUT2D eigenvalue weighted by atomic mass is 16.7. The first-order valence-electron chi connectivity index (χ1n) is 11.7. The number of benzene rings is 2. The molecule has 3 aromatic rings. The second kappa shape index (κ2) is 11.1. The molecule has 1 aliphatic rings. The van der Waals surface area contributed by atoms with E-state index in [2.05, 4.69) is 20.8 Å². The fraction of sp³-hybridized carbons (Fsp3) is 0.308. The maximum absolute atomic E-state index is 13.4. The summed E-state index contributed by atoms with van der Waals surface area (Å²) in [7, 11) is 0. The lowest BCUT2D eigenvalue weighted by atomic mass is 9.91. The van der Waals surface area contributed by atoms with Crippen molar-refractivity contribution in [3.8, 4) is 11.3 Å². The van der Waals surface area contributed by atoms with Gasteiger partial charge in [-0.05, 0) is 18.1 Å². The predicted octanol–water partition coefficient (Wildman–Crippen LogP) is 2.58. The number of hydroxylamine groups is 1. The molecule has 4 amide bonds. The Labute approximate surface area is 208 Å². The molecule has 0 bridgehead atoms. The molecular weight excluding hydrogens is 462 g/mol. The van der Waals surface area contributed by atoms with E-state index in [0.29, 0.717) is 5.82 Å². The summed E-state index contributed by atoms with van der Waals surface area (Å²) in [5.41, 5.74) is 5.91. The van der Waals surface area contributed by atoms with Gasteiger partial charge in [0.1, 0.15) is 17.9 Å². The van der Waals surface area contributed by atoms with Crippen LogP contribution in [0.2, 0.25) is 0 Å². The smallest absolute Gasteiger partial charge is 0.325 e. The predicted molar refractivity (Wildman–Crippen MR) is 131 cm³/mol. The number of carbonyl (C=O) groups is 3. The van der Waals surface area contributed by atoms with Crippen molar-refractivity contribution in [3.63, 3.8) is 0 Å². The van der Waals surface area contributed by atoms with Crippen molar-refractivity contribution >= 4 is 17.8 Å². The third kappa shape index (κ3) is 5.45. The molecule has 36 heavy (non-hydrogen) atoms. The van der Waals surface area contributed by atoms with Crippen LogP contribution in [0, 0.1) is 6.92 Å². The SMILES string of the molecule is Cc1ccc(-c2cnc([C@H](C(C)c3ccccc3)N3C(=O)N[C@H](CC(=O)NOCCO)C3=O)[nH]2)cc1. The quantitative estimate of drug-likeness (QED) is 0.195. The summed E-state index contributed by atoms with van der Waals surface area (Å²) in [6.45, 7) is 3.59. The normalized spacial score (nSPS) is 17.1. The molecule has 1 aromatic heterocycles. The van der Waals surface area contributed by atoms with Crippen LogP contribution in [0.5, 0.6) is 0 Å². The molecule has 1 aliphatic heterocycles. The number of amides is 4. The van der Waals surface area contributed by atoms with Crippen LogP contribution in [0.15, 0.2) is 60.8 Å². The number of aliphatic hydroxyl groups is 1. The standard InChI is InChI=1S/C26H29N5O5/c1-16-8-10-19(11-9-16)21-15-27-24(28-21)23(17(2)18-6-4-3-5-7-18)31-25(34)20(29-26(31)35)14-22(33)30-36-13-12-32/h3-11,15,17,20,23,32H,12-14H2,1-2H3,(H,27,28)(H,29,35)(H,30,33)/t17?,20-,23+/m1/s1. The van der Waals surface area contributed by atoms with Gasteiger partial charge < -0.3 is 15.4 Å². The second-order valence-electron chi connectivity index (χ2n) is 8.70. The van der Waals surface area contributed by atoms with Gasteiger partial charge in [0.2, 0.25) is 5.91 Å². The zero-order valence-electron chi connectivity index (χ0n) is 20.1. The van der Waals surface area contributed by atoms with Gasteiger partial charge in [-0.25, -0.2) is 15.3 Å². The summed E-state index contributed by atoms with van der Waals surface area (Å²) in [6, 6.07) is 15.1. The lowest BCUT2D eigenvalue weighted by Gasteiger charge is -2.29.